The summed E-state index contributed by atoms with van der Waals surface area (Å²) >= 11 is 0. The topological polar surface area (TPSA) is 101 Å². The van der Waals surface area contributed by atoms with Crippen molar-refractivity contribution >= 4 is 23.4 Å². The van der Waals surface area contributed by atoms with Gasteiger partial charge in [0.2, 0.25) is 0 Å². The number of carboxylic acid groups (broad SMARTS) is 1. The van der Waals surface area contributed by atoms with Crippen molar-refractivity contribution in [3.63, 3.8) is 0 Å². The van der Waals surface area contributed by atoms with Crippen LogP contribution in [0.5, 0.6) is 0 Å². The molecule has 11 unspecified atom stereocenters. The van der Waals surface area contributed by atoms with Gasteiger partial charge in [-0.3, -0.25) is 19.2 Å². The third kappa shape index (κ3) is 5.76. The van der Waals surface area contributed by atoms with Gasteiger partial charge in [0.05, 0.1) is 5.92 Å². The number of hydrogen-bond acceptors (Lipinski definition) is 4. The van der Waals surface area contributed by atoms with Crippen LogP contribution < -0.4 is 5.32 Å². The molecule has 0 aromatic heterocycles. The van der Waals surface area contributed by atoms with E-state index in [1.165, 1.54) is 49.1 Å². The van der Waals surface area contributed by atoms with E-state index in [0.29, 0.717) is 66.7 Å². The molecule has 5 saturated carbocycles. The zero-order valence-corrected chi connectivity index (χ0v) is 32.7. The number of benzene rings is 1. The zero-order valence-electron chi connectivity index (χ0n) is 32.7. The van der Waals surface area contributed by atoms with E-state index in [2.05, 4.69) is 46.9 Å². The molecule has 52 heavy (non-hydrogen) atoms. The molecule has 0 spiro atoms. The predicted octanol–water partition coefficient (Wildman–Crippen LogP) is 9.47. The Hall–Kier alpha value is -2.83. The number of carbonyl (C=O) groups excluding carboxylic acids is 3. The molecule has 1 aromatic carbocycles. The first kappa shape index (κ1) is 37.5. The van der Waals surface area contributed by atoms with Crippen LogP contribution in [0, 0.1) is 80.7 Å². The molecule has 7 heteroatoms. The average molecular weight is 716 g/mol. The fourth-order valence-corrected chi connectivity index (χ4v) is 14.2. The summed E-state index contributed by atoms with van der Waals surface area (Å²) in [4.78, 5) is 52.0. The van der Waals surface area contributed by atoms with Gasteiger partial charge in [0, 0.05) is 36.3 Å². The first-order valence-electron chi connectivity index (χ1n) is 20.5. The summed E-state index contributed by atoms with van der Waals surface area (Å²) in [5.74, 6) is 1.29. The van der Waals surface area contributed by atoms with Crippen molar-refractivity contribution in [2.45, 2.75) is 126 Å². The van der Waals surface area contributed by atoms with Gasteiger partial charge in [-0.25, -0.2) is 4.39 Å². The zero-order chi connectivity index (χ0) is 37.5. The van der Waals surface area contributed by atoms with Crippen molar-refractivity contribution in [2.24, 2.45) is 74.9 Å². The van der Waals surface area contributed by atoms with Gasteiger partial charge in [-0.2, -0.15) is 0 Å². The van der Waals surface area contributed by atoms with E-state index in [9.17, 15) is 28.7 Å². The largest absolute Gasteiger partial charge is 0.481 e. The summed E-state index contributed by atoms with van der Waals surface area (Å²) in [7, 11) is 0. The molecule has 0 radical (unpaired) electrons. The molecule has 6 nitrogen and oxygen atoms in total. The molecule has 0 aliphatic heterocycles. The molecule has 0 bridgehead atoms. The maximum absolute atomic E-state index is 13.9. The molecule has 6 aliphatic carbocycles. The number of Topliss-reactive ketones (excluding diaryl/α,β-unsaturated/α-hetero) is 2. The summed E-state index contributed by atoms with van der Waals surface area (Å²) < 4.78 is 13.5. The Morgan fingerprint density at radius 3 is 2.25 bits per heavy atom. The van der Waals surface area contributed by atoms with Crippen LogP contribution in [0.15, 0.2) is 35.4 Å². The Kier molecular flexibility index (Phi) is 9.50. The standard InChI is InChI=1S/C45H62FNO5/c1-25(2)38-35(49)24-45(20-21-47-40(50)27-8-10-29(46)11-9-27)19-15-33-30(39(38)45)12-13-37-43(33,6)18-16-36-42(4,5)28(14-17-44(36,37)7)22-34(48)31-23-32(26(31)3)41(51)52/h8-11,25-26,28,30-33,36-37H,12-24H2,1-7H3,(H,47,50)(H,51,52). The highest BCUT2D eigenvalue weighted by Crippen LogP contribution is 2.74. The summed E-state index contributed by atoms with van der Waals surface area (Å²) in [5.41, 5.74) is 3.17. The first-order valence-corrected chi connectivity index (χ1v) is 20.5. The van der Waals surface area contributed by atoms with Gasteiger partial charge in [-0.05, 0) is 152 Å². The van der Waals surface area contributed by atoms with Crippen LogP contribution in [0.3, 0.4) is 0 Å². The van der Waals surface area contributed by atoms with Gasteiger partial charge in [0.15, 0.2) is 5.78 Å². The van der Waals surface area contributed by atoms with E-state index < -0.39 is 5.97 Å². The van der Waals surface area contributed by atoms with Crippen molar-refractivity contribution in [1.82, 2.24) is 5.32 Å². The number of amides is 1. The third-order valence-corrected chi connectivity index (χ3v) is 16.9. The maximum Gasteiger partial charge on any atom is 0.306 e. The fraction of sp³-hybridized carbons (Fsp3) is 0.733. The SMILES string of the molecule is CC(C)C1=C2C3CCC4C(C)(CCC5C(C)(C)C(CC(=O)C6CC(C(=O)O)C6C)CCC54C)C3CCC2(CCNC(=O)c2ccc(F)cc2)CC1=O. The lowest BCUT2D eigenvalue weighted by molar-refractivity contribution is -0.193. The number of carboxylic acids is 1. The average Bonchev–Trinajstić information content (AvgIpc) is 3.37. The lowest BCUT2D eigenvalue weighted by Crippen LogP contribution is -2.62. The Labute approximate surface area is 310 Å². The maximum atomic E-state index is 13.9. The molecule has 5 fully saturated rings. The third-order valence-electron chi connectivity index (χ3n) is 16.9. The molecule has 1 amide bonds. The van der Waals surface area contributed by atoms with Crippen LogP contribution >= 0.6 is 0 Å². The highest BCUT2D eigenvalue weighted by atomic mass is 19.1. The lowest BCUT2D eigenvalue weighted by Gasteiger charge is -2.69. The van der Waals surface area contributed by atoms with Crippen LogP contribution in [0.2, 0.25) is 0 Å². The Balaban J connectivity index is 1.09. The van der Waals surface area contributed by atoms with Crippen LogP contribution in [0.25, 0.3) is 0 Å². The van der Waals surface area contributed by atoms with Gasteiger partial charge < -0.3 is 10.4 Å². The molecule has 1 aromatic rings. The van der Waals surface area contributed by atoms with E-state index in [4.69, 9.17) is 0 Å². The number of allylic oxidation sites excluding steroid dienone is 2. The Bertz CT molecular complexity index is 1660. The molecule has 284 valence electrons. The minimum Gasteiger partial charge on any atom is -0.481 e. The van der Waals surface area contributed by atoms with Gasteiger partial charge in [0.25, 0.3) is 5.91 Å². The number of fused-ring (bicyclic) bond motifs is 7. The molecular weight excluding hydrogens is 653 g/mol. The molecule has 6 aliphatic rings. The second-order valence-electron chi connectivity index (χ2n) is 19.7. The number of aliphatic carboxylic acids is 1. The normalized spacial score (nSPS) is 40.6. The van der Waals surface area contributed by atoms with E-state index in [0.717, 1.165) is 44.1 Å². The van der Waals surface area contributed by atoms with Crippen LogP contribution in [0.1, 0.15) is 136 Å². The fourth-order valence-electron chi connectivity index (χ4n) is 14.2. The van der Waals surface area contributed by atoms with Crippen LogP contribution in [-0.2, 0) is 14.4 Å². The van der Waals surface area contributed by atoms with Crippen molar-refractivity contribution in [2.75, 3.05) is 6.54 Å². The number of nitrogens with one attached hydrogen (secondary N) is 1. The van der Waals surface area contributed by atoms with Crippen molar-refractivity contribution in [3.8, 4) is 0 Å². The van der Waals surface area contributed by atoms with Gasteiger partial charge >= 0.3 is 5.97 Å². The number of halogens is 1. The van der Waals surface area contributed by atoms with Crippen LogP contribution in [0.4, 0.5) is 4.39 Å². The smallest absolute Gasteiger partial charge is 0.306 e. The second kappa shape index (κ2) is 13.2. The molecule has 7 rings (SSSR count). The molecule has 2 N–H and O–H groups in total. The predicted molar refractivity (Wildman–Crippen MR) is 200 cm³/mol. The van der Waals surface area contributed by atoms with E-state index in [1.807, 2.05) is 6.92 Å². The molecule has 0 heterocycles. The number of hydrogen-bond donors (Lipinski definition) is 2. The molecule has 0 saturated heterocycles. The highest BCUT2D eigenvalue weighted by molar-refractivity contribution is 6.00. The van der Waals surface area contributed by atoms with Crippen molar-refractivity contribution in [1.29, 1.82) is 0 Å². The minimum absolute atomic E-state index is 0.0330. The van der Waals surface area contributed by atoms with Gasteiger partial charge in [0.1, 0.15) is 11.6 Å². The highest BCUT2D eigenvalue weighted by Gasteiger charge is 2.66. The molecular formula is C45H62FNO5. The molecule has 11 atom stereocenters. The summed E-state index contributed by atoms with van der Waals surface area (Å²) in [6, 6.07) is 5.66. The number of ketones is 2. The summed E-state index contributed by atoms with van der Waals surface area (Å²) in [6.07, 6.45) is 11.3. The number of carbonyl (C=O) groups is 4. The van der Waals surface area contributed by atoms with Crippen molar-refractivity contribution in [3.05, 3.63) is 46.8 Å². The summed E-state index contributed by atoms with van der Waals surface area (Å²) in [5, 5.41) is 12.6. The second-order valence-corrected chi connectivity index (χ2v) is 19.7. The number of rotatable bonds is 9. The quantitative estimate of drug-likeness (QED) is 0.265. The van der Waals surface area contributed by atoms with Crippen molar-refractivity contribution < 1.29 is 28.7 Å². The van der Waals surface area contributed by atoms with E-state index >= 15 is 0 Å². The van der Waals surface area contributed by atoms with Gasteiger partial charge in [-0.15, -0.1) is 0 Å². The first-order chi connectivity index (χ1) is 24.4. The Morgan fingerprint density at radius 2 is 1.60 bits per heavy atom. The minimum atomic E-state index is -0.766. The monoisotopic (exact) mass is 715 g/mol. The van der Waals surface area contributed by atoms with E-state index in [-0.39, 0.29) is 62.8 Å². The summed E-state index contributed by atoms with van der Waals surface area (Å²) in [6.45, 7) is 16.8. The van der Waals surface area contributed by atoms with Gasteiger partial charge in [-0.1, -0.05) is 54.0 Å². The van der Waals surface area contributed by atoms with Crippen LogP contribution in [-0.4, -0.2) is 35.1 Å². The lowest BCUT2D eigenvalue weighted by atomic mass is 9.35. The Morgan fingerprint density at radius 1 is 0.904 bits per heavy atom. The van der Waals surface area contributed by atoms with E-state index in [1.54, 1.807) is 0 Å².